The summed E-state index contributed by atoms with van der Waals surface area (Å²) in [5.41, 5.74) is 0.954. The van der Waals surface area contributed by atoms with E-state index in [4.69, 9.17) is 16.3 Å². The first kappa shape index (κ1) is 16.5. The van der Waals surface area contributed by atoms with E-state index < -0.39 is 5.54 Å². The van der Waals surface area contributed by atoms with Gasteiger partial charge < -0.3 is 10.1 Å². The second-order valence-corrected chi connectivity index (χ2v) is 7.62. The van der Waals surface area contributed by atoms with E-state index in [2.05, 4.69) is 10.3 Å². The van der Waals surface area contributed by atoms with E-state index in [-0.39, 0.29) is 25.1 Å². The number of urea groups is 1. The van der Waals surface area contributed by atoms with Crippen LogP contribution in [0.1, 0.15) is 22.7 Å². The molecule has 2 saturated heterocycles. The van der Waals surface area contributed by atoms with Gasteiger partial charge in [0.25, 0.3) is 5.91 Å². The first-order valence-electron chi connectivity index (χ1n) is 7.95. The van der Waals surface area contributed by atoms with Gasteiger partial charge in [0.05, 0.1) is 23.9 Å². The minimum atomic E-state index is -0.876. The Kier molecular flexibility index (Phi) is 4.23. The highest BCUT2D eigenvalue weighted by Gasteiger charge is 2.53. The number of hydrogen-bond donors (Lipinski definition) is 1. The Morgan fingerprint density at radius 2 is 2.12 bits per heavy atom. The van der Waals surface area contributed by atoms with Gasteiger partial charge in [0.1, 0.15) is 5.54 Å². The number of thiazole rings is 1. The third kappa shape index (κ3) is 3.15. The predicted octanol–water partition coefficient (Wildman–Crippen LogP) is 2.60. The van der Waals surface area contributed by atoms with E-state index in [1.54, 1.807) is 0 Å². The third-order valence-corrected chi connectivity index (χ3v) is 5.61. The van der Waals surface area contributed by atoms with Gasteiger partial charge in [-0.15, -0.1) is 11.3 Å². The van der Waals surface area contributed by atoms with Crippen LogP contribution in [0.2, 0.25) is 5.02 Å². The number of benzene rings is 1. The monoisotopic (exact) mass is 377 g/mol. The minimum absolute atomic E-state index is 0.184. The zero-order chi connectivity index (χ0) is 17.4. The maximum atomic E-state index is 12.6. The quantitative estimate of drug-likeness (QED) is 0.831. The molecule has 2 aliphatic heterocycles. The Morgan fingerprint density at radius 3 is 2.84 bits per heavy atom. The fourth-order valence-electron chi connectivity index (χ4n) is 3.09. The molecule has 1 aromatic heterocycles. The molecule has 25 heavy (non-hydrogen) atoms. The van der Waals surface area contributed by atoms with Crippen LogP contribution in [0.5, 0.6) is 0 Å². The van der Waals surface area contributed by atoms with Crippen molar-refractivity contribution in [3.63, 3.8) is 0 Å². The highest BCUT2D eigenvalue weighted by atomic mass is 35.5. The van der Waals surface area contributed by atoms with Gasteiger partial charge in [-0.3, -0.25) is 9.69 Å². The normalized spacial score (nSPS) is 22.8. The molecule has 0 radical (unpaired) electrons. The van der Waals surface area contributed by atoms with Gasteiger partial charge in [-0.25, -0.2) is 9.78 Å². The second kappa shape index (κ2) is 6.40. The molecule has 3 amide bonds. The molecule has 0 bridgehead atoms. The molecule has 0 aliphatic carbocycles. The van der Waals surface area contributed by atoms with Crippen LogP contribution < -0.4 is 5.32 Å². The SMILES string of the molecule is O=C1NC2(CCOC2)C(=O)N1Cc1csc(Cc2ccc(Cl)cc2)n1. The fourth-order valence-corrected chi connectivity index (χ4v) is 4.04. The van der Waals surface area contributed by atoms with E-state index in [1.807, 2.05) is 29.6 Å². The van der Waals surface area contributed by atoms with Crippen molar-refractivity contribution >= 4 is 34.9 Å². The number of rotatable bonds is 4. The van der Waals surface area contributed by atoms with Crippen LogP contribution in [-0.4, -0.2) is 40.6 Å². The van der Waals surface area contributed by atoms with Crippen LogP contribution in [0.4, 0.5) is 4.79 Å². The van der Waals surface area contributed by atoms with Crippen molar-refractivity contribution in [3.05, 3.63) is 50.9 Å². The Labute approximate surface area is 153 Å². The summed E-state index contributed by atoms with van der Waals surface area (Å²) in [7, 11) is 0. The summed E-state index contributed by atoms with van der Waals surface area (Å²) in [5, 5.41) is 6.30. The summed E-state index contributed by atoms with van der Waals surface area (Å²) in [5.74, 6) is -0.220. The molecular weight excluding hydrogens is 362 g/mol. The summed E-state index contributed by atoms with van der Waals surface area (Å²) in [6.07, 6.45) is 1.21. The van der Waals surface area contributed by atoms with E-state index >= 15 is 0 Å². The topological polar surface area (TPSA) is 71.5 Å². The summed E-state index contributed by atoms with van der Waals surface area (Å²) >= 11 is 7.42. The number of aromatic nitrogens is 1. The molecule has 1 N–H and O–H groups in total. The lowest BCUT2D eigenvalue weighted by molar-refractivity contribution is -0.131. The summed E-state index contributed by atoms with van der Waals surface area (Å²) in [6.45, 7) is 0.915. The fraction of sp³-hybridized carbons (Fsp3) is 0.353. The Balaban J connectivity index is 1.45. The maximum Gasteiger partial charge on any atom is 0.325 e. The van der Waals surface area contributed by atoms with Crippen molar-refractivity contribution < 1.29 is 14.3 Å². The Bertz CT molecular complexity index is 815. The van der Waals surface area contributed by atoms with Gasteiger partial charge in [-0.2, -0.15) is 0 Å². The highest BCUT2D eigenvalue weighted by Crippen LogP contribution is 2.28. The number of nitrogens with one attached hydrogen (secondary N) is 1. The van der Waals surface area contributed by atoms with Crippen molar-refractivity contribution in [2.75, 3.05) is 13.2 Å². The van der Waals surface area contributed by atoms with Crippen LogP contribution in [0.15, 0.2) is 29.6 Å². The van der Waals surface area contributed by atoms with Gasteiger partial charge in [-0.05, 0) is 17.7 Å². The smallest absolute Gasteiger partial charge is 0.325 e. The molecule has 0 saturated carbocycles. The summed E-state index contributed by atoms with van der Waals surface area (Å²) in [4.78, 5) is 30.6. The predicted molar refractivity (Wildman–Crippen MR) is 93.6 cm³/mol. The summed E-state index contributed by atoms with van der Waals surface area (Å²) in [6, 6.07) is 7.25. The van der Waals surface area contributed by atoms with Crippen LogP contribution in [0, 0.1) is 0 Å². The molecule has 1 aromatic carbocycles. The number of ether oxygens (including phenoxy) is 1. The number of carbonyl (C=O) groups is 2. The number of amides is 3. The van der Waals surface area contributed by atoms with Crippen LogP contribution >= 0.6 is 22.9 Å². The van der Waals surface area contributed by atoms with Gasteiger partial charge in [0, 0.05) is 29.9 Å². The molecule has 8 heteroatoms. The van der Waals surface area contributed by atoms with E-state index in [0.29, 0.717) is 30.2 Å². The highest BCUT2D eigenvalue weighted by molar-refractivity contribution is 7.09. The van der Waals surface area contributed by atoms with Crippen molar-refractivity contribution in [1.82, 2.24) is 15.2 Å². The lowest BCUT2D eigenvalue weighted by Gasteiger charge is -2.17. The van der Waals surface area contributed by atoms with Crippen molar-refractivity contribution in [3.8, 4) is 0 Å². The Hall–Kier alpha value is -1.96. The van der Waals surface area contributed by atoms with Crippen molar-refractivity contribution in [2.45, 2.75) is 24.9 Å². The number of imide groups is 1. The molecular formula is C17H16ClN3O3S. The van der Waals surface area contributed by atoms with E-state index in [0.717, 1.165) is 10.6 Å². The first-order valence-corrected chi connectivity index (χ1v) is 9.21. The number of carbonyl (C=O) groups excluding carboxylic acids is 2. The lowest BCUT2D eigenvalue weighted by atomic mass is 9.99. The maximum absolute atomic E-state index is 12.6. The molecule has 2 aromatic rings. The van der Waals surface area contributed by atoms with Gasteiger partial charge in [0.15, 0.2) is 0 Å². The molecule has 2 aliphatic rings. The average molecular weight is 378 g/mol. The molecule has 6 nitrogen and oxygen atoms in total. The second-order valence-electron chi connectivity index (χ2n) is 6.24. The Morgan fingerprint density at radius 1 is 1.32 bits per heavy atom. The van der Waals surface area contributed by atoms with Crippen molar-refractivity contribution in [2.24, 2.45) is 0 Å². The molecule has 2 fully saturated rings. The van der Waals surface area contributed by atoms with Crippen LogP contribution in [0.25, 0.3) is 0 Å². The molecule has 130 valence electrons. The zero-order valence-corrected chi connectivity index (χ0v) is 14.9. The number of hydrogen-bond acceptors (Lipinski definition) is 5. The van der Waals surface area contributed by atoms with Crippen molar-refractivity contribution in [1.29, 1.82) is 0 Å². The molecule has 1 unspecified atom stereocenters. The lowest BCUT2D eigenvalue weighted by Crippen LogP contribution is -2.47. The molecule has 4 rings (SSSR count). The van der Waals surface area contributed by atoms with Crippen LogP contribution in [0.3, 0.4) is 0 Å². The summed E-state index contributed by atoms with van der Waals surface area (Å²) < 4.78 is 5.29. The molecule has 3 heterocycles. The molecule has 1 atom stereocenters. The van der Waals surface area contributed by atoms with Gasteiger partial charge >= 0.3 is 6.03 Å². The zero-order valence-electron chi connectivity index (χ0n) is 13.3. The van der Waals surface area contributed by atoms with Gasteiger partial charge in [-0.1, -0.05) is 23.7 Å². The van der Waals surface area contributed by atoms with E-state index in [1.165, 1.54) is 16.2 Å². The molecule has 1 spiro atoms. The van der Waals surface area contributed by atoms with Gasteiger partial charge in [0.2, 0.25) is 0 Å². The number of halogens is 1. The number of nitrogens with zero attached hydrogens (tertiary/aromatic N) is 2. The first-order chi connectivity index (χ1) is 12.1. The van der Waals surface area contributed by atoms with E-state index in [9.17, 15) is 9.59 Å². The average Bonchev–Trinajstić information content (AvgIpc) is 3.29. The largest absolute Gasteiger partial charge is 0.378 e. The minimum Gasteiger partial charge on any atom is -0.378 e. The standard InChI is InChI=1S/C17H16ClN3O3S/c18-12-3-1-11(2-4-12)7-14-19-13(9-25-14)8-21-15(22)17(20-16(21)23)5-6-24-10-17/h1-4,9H,5-8,10H2,(H,20,23). The van der Waals surface area contributed by atoms with Crippen LogP contribution in [-0.2, 0) is 22.5 Å². The third-order valence-electron chi connectivity index (χ3n) is 4.46.